The van der Waals surface area contributed by atoms with Gasteiger partial charge in [-0.2, -0.15) is 0 Å². The Morgan fingerprint density at radius 2 is 2.29 bits per heavy atom. The highest BCUT2D eigenvalue weighted by molar-refractivity contribution is 5.90. The second kappa shape index (κ2) is 2.85. The fourth-order valence-corrected chi connectivity index (χ4v) is 1.75. The monoisotopic (exact) mass is 186 g/mol. The van der Waals surface area contributed by atoms with Crippen molar-refractivity contribution in [1.82, 2.24) is 20.8 Å². The summed E-state index contributed by atoms with van der Waals surface area (Å²) >= 11 is 0. The minimum Gasteiger partial charge on any atom is -0.346 e. The van der Waals surface area contributed by atoms with Gasteiger partial charge in [-0.1, -0.05) is 0 Å². The molecule has 0 unspecified atom stereocenters. The molecule has 0 atom stereocenters. The molecule has 0 amide bonds. The maximum absolute atomic E-state index is 4.25. The first-order valence-corrected chi connectivity index (χ1v) is 4.55. The van der Waals surface area contributed by atoms with Crippen LogP contribution < -0.4 is 10.9 Å². The van der Waals surface area contributed by atoms with Crippen LogP contribution >= 0.6 is 0 Å². The molecule has 3 heterocycles. The quantitative estimate of drug-likeness (QED) is 0.623. The first kappa shape index (κ1) is 7.58. The zero-order valence-corrected chi connectivity index (χ0v) is 7.54. The number of H-pyrrole nitrogens is 1. The van der Waals surface area contributed by atoms with Crippen LogP contribution in [0.4, 0.5) is 0 Å². The lowest BCUT2D eigenvalue weighted by molar-refractivity contribution is 0.730. The van der Waals surface area contributed by atoms with Gasteiger partial charge in [-0.15, -0.1) is 0 Å². The summed E-state index contributed by atoms with van der Waals surface area (Å²) < 4.78 is 0. The molecule has 1 aliphatic heterocycles. The number of hydrogen-bond donors (Lipinski definition) is 3. The van der Waals surface area contributed by atoms with Crippen molar-refractivity contribution < 1.29 is 0 Å². The maximum atomic E-state index is 4.25. The highest BCUT2D eigenvalue weighted by Gasteiger charge is 2.10. The average molecular weight is 186 g/mol. The van der Waals surface area contributed by atoms with Gasteiger partial charge in [0.2, 0.25) is 0 Å². The van der Waals surface area contributed by atoms with E-state index >= 15 is 0 Å². The second-order valence-corrected chi connectivity index (χ2v) is 3.27. The summed E-state index contributed by atoms with van der Waals surface area (Å²) in [5.41, 5.74) is 9.47. The van der Waals surface area contributed by atoms with E-state index in [1.165, 1.54) is 16.5 Å². The van der Waals surface area contributed by atoms with Crippen LogP contribution in [0.15, 0.2) is 30.7 Å². The van der Waals surface area contributed by atoms with Gasteiger partial charge in [0.05, 0.1) is 0 Å². The Balaban J connectivity index is 2.24. The molecule has 2 aromatic rings. The molecule has 0 saturated carbocycles. The fraction of sp³-hybridized carbons (Fsp3) is 0.100. The van der Waals surface area contributed by atoms with Gasteiger partial charge in [0.1, 0.15) is 5.65 Å². The molecule has 0 saturated heterocycles. The lowest BCUT2D eigenvalue weighted by atomic mass is 10.1. The van der Waals surface area contributed by atoms with Crippen molar-refractivity contribution in [2.24, 2.45) is 0 Å². The number of fused-ring (bicyclic) bond motifs is 1. The molecule has 0 bridgehead atoms. The molecule has 14 heavy (non-hydrogen) atoms. The third-order valence-electron chi connectivity index (χ3n) is 2.43. The van der Waals surface area contributed by atoms with E-state index in [4.69, 9.17) is 0 Å². The molecule has 0 aliphatic carbocycles. The maximum Gasteiger partial charge on any atom is 0.137 e. The van der Waals surface area contributed by atoms with Gasteiger partial charge in [-0.05, 0) is 23.3 Å². The highest BCUT2D eigenvalue weighted by atomic mass is 15.4. The molecule has 0 spiro atoms. The molecular weight excluding hydrogens is 176 g/mol. The predicted octanol–water partition coefficient (Wildman–Crippen LogP) is 1.01. The van der Waals surface area contributed by atoms with Gasteiger partial charge in [-0.25, -0.2) is 10.4 Å². The van der Waals surface area contributed by atoms with Crippen molar-refractivity contribution in [2.75, 3.05) is 6.54 Å². The van der Waals surface area contributed by atoms with E-state index in [1.807, 2.05) is 24.7 Å². The molecule has 0 radical (unpaired) electrons. The number of hydrogen-bond acceptors (Lipinski definition) is 3. The van der Waals surface area contributed by atoms with Crippen LogP contribution in [-0.4, -0.2) is 16.5 Å². The van der Waals surface area contributed by atoms with Crippen LogP contribution in [-0.2, 0) is 0 Å². The topological polar surface area (TPSA) is 52.7 Å². The molecule has 0 fully saturated rings. The third kappa shape index (κ3) is 1.01. The molecular formula is C10H10N4. The minimum atomic E-state index is 0.851. The fourth-order valence-electron chi connectivity index (χ4n) is 1.75. The van der Waals surface area contributed by atoms with Crippen LogP contribution in [0.1, 0.15) is 5.56 Å². The van der Waals surface area contributed by atoms with Gasteiger partial charge in [0, 0.05) is 30.5 Å². The van der Waals surface area contributed by atoms with E-state index in [1.54, 1.807) is 0 Å². The number of pyridine rings is 1. The standard InChI is InChI=1S/C10H10N4/c1-3-11-10-9(2-4-12-10)8(1)7-5-13-14-6-7/h1-5,13-14H,6H2,(H,11,12). The van der Waals surface area contributed by atoms with E-state index < -0.39 is 0 Å². The Kier molecular flexibility index (Phi) is 1.54. The summed E-state index contributed by atoms with van der Waals surface area (Å²) in [5, 5.41) is 1.17. The second-order valence-electron chi connectivity index (χ2n) is 3.27. The van der Waals surface area contributed by atoms with Gasteiger partial charge < -0.3 is 10.4 Å². The van der Waals surface area contributed by atoms with Gasteiger partial charge in [0.25, 0.3) is 0 Å². The van der Waals surface area contributed by atoms with Crippen molar-refractivity contribution in [2.45, 2.75) is 0 Å². The van der Waals surface area contributed by atoms with Crippen molar-refractivity contribution in [3.63, 3.8) is 0 Å². The highest BCUT2D eigenvalue weighted by Crippen LogP contribution is 2.23. The molecule has 3 N–H and O–H groups in total. The van der Waals surface area contributed by atoms with Crippen molar-refractivity contribution in [3.05, 3.63) is 36.3 Å². The van der Waals surface area contributed by atoms with E-state index in [0.29, 0.717) is 0 Å². The van der Waals surface area contributed by atoms with E-state index in [-0.39, 0.29) is 0 Å². The number of nitrogens with zero attached hydrogens (tertiary/aromatic N) is 1. The zero-order chi connectivity index (χ0) is 9.38. The number of rotatable bonds is 1. The Morgan fingerprint density at radius 1 is 1.29 bits per heavy atom. The summed E-state index contributed by atoms with van der Waals surface area (Å²) in [6.07, 6.45) is 5.73. The Bertz CT molecular complexity index is 498. The lowest BCUT2D eigenvalue weighted by Crippen LogP contribution is -2.20. The molecule has 4 nitrogen and oxygen atoms in total. The zero-order valence-electron chi connectivity index (χ0n) is 7.54. The van der Waals surface area contributed by atoms with Crippen molar-refractivity contribution in [1.29, 1.82) is 0 Å². The summed E-state index contributed by atoms with van der Waals surface area (Å²) in [5.74, 6) is 0. The SMILES string of the molecule is C1=C(c2ccnc3[nH]ccc23)CNN1. The molecule has 1 aliphatic rings. The lowest BCUT2D eigenvalue weighted by Gasteiger charge is -2.01. The van der Waals surface area contributed by atoms with Crippen LogP contribution in [0, 0.1) is 0 Å². The summed E-state index contributed by atoms with van der Waals surface area (Å²) in [4.78, 5) is 7.35. The molecule has 2 aromatic heterocycles. The van der Waals surface area contributed by atoms with Crippen LogP contribution in [0.3, 0.4) is 0 Å². The Hall–Kier alpha value is -1.81. The van der Waals surface area contributed by atoms with Gasteiger partial charge >= 0.3 is 0 Å². The van der Waals surface area contributed by atoms with E-state index in [0.717, 1.165) is 12.2 Å². The Morgan fingerprint density at radius 3 is 3.14 bits per heavy atom. The first-order chi connectivity index (χ1) is 6.95. The Labute approximate surface area is 81.0 Å². The summed E-state index contributed by atoms with van der Waals surface area (Å²) in [6, 6.07) is 4.09. The molecule has 4 heteroatoms. The van der Waals surface area contributed by atoms with Crippen LogP contribution in [0.25, 0.3) is 16.6 Å². The third-order valence-corrected chi connectivity index (χ3v) is 2.43. The van der Waals surface area contributed by atoms with Gasteiger partial charge in [0.15, 0.2) is 0 Å². The van der Waals surface area contributed by atoms with Crippen molar-refractivity contribution in [3.8, 4) is 0 Å². The first-order valence-electron chi connectivity index (χ1n) is 4.55. The number of aromatic nitrogens is 2. The number of hydrazine groups is 1. The number of nitrogens with one attached hydrogen (secondary N) is 3. The molecule has 0 aromatic carbocycles. The normalized spacial score (nSPS) is 15.6. The van der Waals surface area contributed by atoms with Gasteiger partial charge in [-0.3, -0.25) is 0 Å². The molecule has 70 valence electrons. The van der Waals surface area contributed by atoms with Crippen LogP contribution in [0.5, 0.6) is 0 Å². The summed E-state index contributed by atoms with van der Waals surface area (Å²) in [6.45, 7) is 0.851. The predicted molar refractivity (Wildman–Crippen MR) is 55.2 cm³/mol. The largest absolute Gasteiger partial charge is 0.346 e. The summed E-state index contributed by atoms with van der Waals surface area (Å²) in [7, 11) is 0. The number of aromatic amines is 1. The average Bonchev–Trinajstić information content (AvgIpc) is 2.88. The van der Waals surface area contributed by atoms with Crippen molar-refractivity contribution >= 4 is 16.6 Å². The van der Waals surface area contributed by atoms with E-state index in [9.17, 15) is 0 Å². The molecule has 3 rings (SSSR count). The van der Waals surface area contributed by atoms with E-state index in [2.05, 4.69) is 26.9 Å². The smallest absolute Gasteiger partial charge is 0.137 e. The van der Waals surface area contributed by atoms with Crippen LogP contribution in [0.2, 0.25) is 0 Å². The minimum absolute atomic E-state index is 0.851.